The number of aliphatic hydroxyl groups excluding tert-OH is 1. The van der Waals surface area contributed by atoms with Crippen LogP contribution >= 0.6 is 0 Å². The standard InChI is InChI=1S/C16H30O6.C3H6/c1-5-8-16(6-2)21-13-11(17)10-19-12(14(13)22-16)7-9-20-15(3,4)18;1-3-2/h11-14,17-18H,5-10H2,1-4H3;3H,1H2,2H3/t11-,12?,13?,14+,16?;/m0./s1. The van der Waals surface area contributed by atoms with Crippen molar-refractivity contribution in [1.29, 1.82) is 0 Å². The molecule has 2 aliphatic rings. The highest BCUT2D eigenvalue weighted by atomic mass is 16.8. The van der Waals surface area contributed by atoms with Crippen LogP contribution in [-0.2, 0) is 18.9 Å². The summed E-state index contributed by atoms with van der Waals surface area (Å²) in [6.07, 6.45) is 3.34. The molecule has 2 aliphatic heterocycles. The van der Waals surface area contributed by atoms with E-state index in [0.29, 0.717) is 13.0 Å². The Morgan fingerprint density at radius 3 is 2.40 bits per heavy atom. The molecular weight excluding hydrogens is 324 g/mol. The minimum Gasteiger partial charge on any atom is -0.388 e. The van der Waals surface area contributed by atoms with E-state index in [-0.39, 0.29) is 24.9 Å². The fourth-order valence-corrected chi connectivity index (χ4v) is 3.17. The van der Waals surface area contributed by atoms with Gasteiger partial charge in [-0.15, -0.1) is 6.58 Å². The van der Waals surface area contributed by atoms with Gasteiger partial charge in [-0.1, -0.05) is 26.3 Å². The molecule has 2 rings (SSSR count). The lowest BCUT2D eigenvalue weighted by atomic mass is 9.98. The lowest BCUT2D eigenvalue weighted by molar-refractivity contribution is -0.197. The first kappa shape index (κ1) is 22.5. The van der Waals surface area contributed by atoms with Crippen LogP contribution in [0.1, 0.15) is 60.3 Å². The Hall–Kier alpha value is -0.500. The van der Waals surface area contributed by atoms with E-state index < -0.39 is 17.7 Å². The van der Waals surface area contributed by atoms with Gasteiger partial charge in [-0.25, -0.2) is 0 Å². The molecule has 0 aliphatic carbocycles. The van der Waals surface area contributed by atoms with Crippen LogP contribution in [0.25, 0.3) is 0 Å². The monoisotopic (exact) mass is 360 g/mol. The van der Waals surface area contributed by atoms with E-state index >= 15 is 0 Å². The normalized spacial score (nSPS) is 34.8. The van der Waals surface area contributed by atoms with Crippen LogP contribution in [-0.4, -0.2) is 59.4 Å². The third-order valence-electron chi connectivity index (χ3n) is 4.28. The molecule has 148 valence electrons. The summed E-state index contributed by atoms with van der Waals surface area (Å²) >= 11 is 0. The molecule has 2 saturated heterocycles. The molecule has 0 bridgehead atoms. The summed E-state index contributed by atoms with van der Waals surface area (Å²) < 4.78 is 23.3. The SMILES string of the molecule is C=CC.CCCC1(CC)OC2[C@H](O1)C(CCOC(C)(C)O)OC[C@@H]2O. The molecule has 6 nitrogen and oxygen atoms in total. The van der Waals surface area contributed by atoms with Crippen LogP contribution in [0.3, 0.4) is 0 Å². The molecule has 3 unspecified atom stereocenters. The van der Waals surface area contributed by atoms with Gasteiger partial charge in [0.1, 0.15) is 18.3 Å². The highest BCUT2D eigenvalue weighted by Gasteiger charge is 2.53. The van der Waals surface area contributed by atoms with E-state index in [9.17, 15) is 10.2 Å². The molecule has 0 saturated carbocycles. The second kappa shape index (κ2) is 10.00. The lowest BCUT2D eigenvalue weighted by Crippen LogP contribution is -2.51. The van der Waals surface area contributed by atoms with Crippen LogP contribution in [0, 0.1) is 0 Å². The molecule has 2 fully saturated rings. The van der Waals surface area contributed by atoms with Crippen LogP contribution in [0.15, 0.2) is 12.7 Å². The van der Waals surface area contributed by atoms with Gasteiger partial charge in [-0.3, -0.25) is 0 Å². The summed E-state index contributed by atoms with van der Waals surface area (Å²) in [7, 11) is 0. The van der Waals surface area contributed by atoms with E-state index in [1.165, 1.54) is 0 Å². The maximum absolute atomic E-state index is 10.1. The van der Waals surface area contributed by atoms with E-state index in [4.69, 9.17) is 18.9 Å². The van der Waals surface area contributed by atoms with Crippen molar-refractivity contribution < 1.29 is 29.2 Å². The Kier molecular flexibility index (Phi) is 9.01. The molecular formula is C19H36O6. The highest BCUT2D eigenvalue weighted by molar-refractivity contribution is 4.96. The van der Waals surface area contributed by atoms with Crippen LogP contribution < -0.4 is 0 Å². The Bertz CT molecular complexity index is 394. The molecule has 2 heterocycles. The van der Waals surface area contributed by atoms with Gasteiger partial charge in [0.05, 0.1) is 19.3 Å². The zero-order valence-electron chi connectivity index (χ0n) is 16.4. The summed E-state index contributed by atoms with van der Waals surface area (Å²) in [4.78, 5) is 0. The van der Waals surface area contributed by atoms with E-state index in [0.717, 1.165) is 19.3 Å². The smallest absolute Gasteiger partial charge is 0.169 e. The predicted molar refractivity (Wildman–Crippen MR) is 96.2 cm³/mol. The van der Waals surface area contributed by atoms with Gasteiger partial charge in [0.25, 0.3) is 0 Å². The Morgan fingerprint density at radius 2 is 1.88 bits per heavy atom. The van der Waals surface area contributed by atoms with Crippen LogP contribution in [0.5, 0.6) is 0 Å². The van der Waals surface area contributed by atoms with Crippen molar-refractivity contribution in [3.63, 3.8) is 0 Å². The molecule has 25 heavy (non-hydrogen) atoms. The summed E-state index contributed by atoms with van der Waals surface area (Å²) in [5.41, 5.74) is 0. The van der Waals surface area contributed by atoms with Gasteiger partial charge >= 0.3 is 0 Å². The summed E-state index contributed by atoms with van der Waals surface area (Å²) in [6.45, 7) is 13.2. The quantitative estimate of drug-likeness (QED) is 0.537. The fraction of sp³-hybridized carbons (Fsp3) is 0.895. The Labute approximate surface area is 152 Å². The second-order valence-electron chi connectivity index (χ2n) is 7.11. The van der Waals surface area contributed by atoms with Gasteiger partial charge < -0.3 is 29.2 Å². The van der Waals surface area contributed by atoms with E-state index in [2.05, 4.69) is 13.5 Å². The van der Waals surface area contributed by atoms with Gasteiger partial charge in [0.15, 0.2) is 11.6 Å². The van der Waals surface area contributed by atoms with Crippen molar-refractivity contribution >= 4 is 0 Å². The van der Waals surface area contributed by atoms with E-state index in [1.807, 2.05) is 13.8 Å². The molecule has 0 amide bonds. The average molecular weight is 360 g/mol. The minimum absolute atomic E-state index is 0.193. The summed E-state index contributed by atoms with van der Waals surface area (Å²) in [6, 6.07) is 0. The van der Waals surface area contributed by atoms with Gasteiger partial charge in [-0.05, 0) is 33.6 Å². The summed E-state index contributed by atoms with van der Waals surface area (Å²) in [5, 5.41) is 19.8. The van der Waals surface area contributed by atoms with Gasteiger partial charge in [-0.2, -0.15) is 0 Å². The molecule has 0 spiro atoms. The first-order valence-corrected chi connectivity index (χ1v) is 9.30. The third-order valence-corrected chi connectivity index (χ3v) is 4.28. The van der Waals surface area contributed by atoms with Crippen LogP contribution in [0.4, 0.5) is 0 Å². The average Bonchev–Trinajstić information content (AvgIpc) is 2.91. The summed E-state index contributed by atoms with van der Waals surface area (Å²) in [5.74, 6) is -1.77. The molecule has 6 heteroatoms. The van der Waals surface area contributed by atoms with Crippen molar-refractivity contribution in [3.05, 3.63) is 12.7 Å². The number of hydrogen-bond acceptors (Lipinski definition) is 6. The van der Waals surface area contributed by atoms with Crippen molar-refractivity contribution in [2.45, 2.75) is 96.3 Å². The first-order chi connectivity index (χ1) is 11.7. The zero-order valence-corrected chi connectivity index (χ0v) is 16.4. The van der Waals surface area contributed by atoms with Crippen molar-refractivity contribution in [2.24, 2.45) is 0 Å². The molecule has 0 aromatic carbocycles. The number of allylic oxidation sites excluding steroid dienone is 1. The topological polar surface area (TPSA) is 77.4 Å². The van der Waals surface area contributed by atoms with Crippen molar-refractivity contribution in [2.75, 3.05) is 13.2 Å². The largest absolute Gasteiger partial charge is 0.388 e. The maximum Gasteiger partial charge on any atom is 0.169 e. The molecule has 5 atom stereocenters. The zero-order chi connectivity index (χ0) is 19.1. The Morgan fingerprint density at radius 1 is 1.28 bits per heavy atom. The predicted octanol–water partition coefficient (Wildman–Crippen LogP) is 2.76. The molecule has 0 radical (unpaired) electrons. The highest BCUT2D eigenvalue weighted by Crippen LogP contribution is 2.41. The molecule has 2 N–H and O–H groups in total. The second-order valence-corrected chi connectivity index (χ2v) is 7.11. The maximum atomic E-state index is 10.1. The third kappa shape index (κ3) is 6.62. The van der Waals surface area contributed by atoms with E-state index in [1.54, 1.807) is 19.9 Å². The van der Waals surface area contributed by atoms with Crippen LogP contribution in [0.2, 0.25) is 0 Å². The lowest BCUT2D eigenvalue weighted by Gasteiger charge is -2.35. The first-order valence-electron chi connectivity index (χ1n) is 9.30. The molecule has 0 aromatic heterocycles. The number of fused-ring (bicyclic) bond motifs is 1. The number of ether oxygens (including phenoxy) is 4. The number of aliphatic hydroxyl groups is 2. The minimum atomic E-state index is -1.16. The van der Waals surface area contributed by atoms with Crippen molar-refractivity contribution in [3.8, 4) is 0 Å². The number of rotatable bonds is 7. The molecule has 0 aromatic rings. The fourth-order valence-electron chi connectivity index (χ4n) is 3.17. The van der Waals surface area contributed by atoms with Gasteiger partial charge in [0.2, 0.25) is 0 Å². The van der Waals surface area contributed by atoms with Gasteiger partial charge in [0, 0.05) is 6.42 Å². The van der Waals surface area contributed by atoms with Crippen molar-refractivity contribution in [1.82, 2.24) is 0 Å². The number of hydrogen-bond donors (Lipinski definition) is 2. The Balaban J connectivity index is 0.000000970.